The number of benzene rings is 2. The van der Waals surface area contributed by atoms with Crippen molar-refractivity contribution in [2.45, 2.75) is 18.8 Å². The van der Waals surface area contributed by atoms with Crippen LogP contribution in [-0.4, -0.2) is 54.6 Å². The van der Waals surface area contributed by atoms with Gasteiger partial charge in [-0.1, -0.05) is 30.0 Å². The first kappa shape index (κ1) is 28.4. The summed E-state index contributed by atoms with van der Waals surface area (Å²) in [7, 11) is 0. The maximum absolute atomic E-state index is 13.4. The van der Waals surface area contributed by atoms with Crippen molar-refractivity contribution in [2.24, 2.45) is 0 Å². The Balaban J connectivity index is 1.66. The summed E-state index contributed by atoms with van der Waals surface area (Å²) in [5, 5.41) is 2.47. The Morgan fingerprint density at radius 3 is 2.24 bits per heavy atom. The van der Waals surface area contributed by atoms with Gasteiger partial charge >= 0.3 is 12.4 Å². The van der Waals surface area contributed by atoms with Crippen LogP contribution in [0.15, 0.2) is 41.3 Å². The maximum atomic E-state index is 13.4. The number of hydrogen-bond acceptors (Lipinski definition) is 6. The molecule has 4 rings (SSSR count). The summed E-state index contributed by atoms with van der Waals surface area (Å²) >= 11 is 6.00. The van der Waals surface area contributed by atoms with Gasteiger partial charge in [-0.2, -0.15) is 26.3 Å². The normalized spacial score (nSPS) is 18.2. The Hall–Kier alpha value is -2.61. The summed E-state index contributed by atoms with van der Waals surface area (Å²) < 4.78 is 91.8. The molecule has 2 aromatic rings. The minimum absolute atomic E-state index is 0.0821. The Kier molecular flexibility index (Phi) is 8.70. The predicted molar refractivity (Wildman–Crippen MR) is 136 cm³/mol. The monoisotopic (exact) mass is 576 g/mol. The highest BCUT2D eigenvalue weighted by Crippen LogP contribution is 2.40. The fraction of sp³-hybridized carbons (Fsp3) is 0.360. The van der Waals surface area contributed by atoms with Gasteiger partial charge in [0.1, 0.15) is 10.1 Å². The lowest BCUT2D eigenvalue weighted by molar-refractivity contribution is -0.143. The molecule has 2 fully saturated rings. The lowest BCUT2D eigenvalue weighted by Crippen LogP contribution is -2.37. The summed E-state index contributed by atoms with van der Waals surface area (Å²) in [4.78, 5) is 14.7. The van der Waals surface area contributed by atoms with Gasteiger partial charge in [-0.3, -0.25) is 9.69 Å². The van der Waals surface area contributed by atoms with Crippen LogP contribution >= 0.6 is 24.0 Å². The van der Waals surface area contributed by atoms with Crippen molar-refractivity contribution < 1.29 is 40.6 Å². The number of carbonyl (C=O) groups is 1. The molecular formula is C25H22F6N2O3S2. The molecule has 0 radical (unpaired) electrons. The van der Waals surface area contributed by atoms with Crippen molar-refractivity contribution >= 4 is 40.3 Å². The van der Waals surface area contributed by atoms with Gasteiger partial charge in [-0.05, 0) is 54.0 Å². The largest absolute Gasteiger partial charge is 0.493 e. The summed E-state index contributed by atoms with van der Waals surface area (Å²) in [6.07, 6.45) is -7.81. The van der Waals surface area contributed by atoms with Crippen molar-refractivity contribution in [2.75, 3.05) is 39.5 Å². The zero-order valence-corrected chi connectivity index (χ0v) is 21.4. The van der Waals surface area contributed by atoms with Gasteiger partial charge in [-0.15, -0.1) is 0 Å². The zero-order valence-electron chi connectivity index (χ0n) is 19.7. The fourth-order valence-electron chi connectivity index (χ4n) is 3.95. The van der Waals surface area contributed by atoms with Crippen molar-refractivity contribution in [3.8, 4) is 16.9 Å². The summed E-state index contributed by atoms with van der Waals surface area (Å²) in [5.74, 6) is -0.125. The van der Waals surface area contributed by atoms with Gasteiger partial charge in [0.25, 0.3) is 5.91 Å². The van der Waals surface area contributed by atoms with Crippen molar-refractivity contribution in [3.05, 3.63) is 58.0 Å². The van der Waals surface area contributed by atoms with Gasteiger partial charge in [-0.25, -0.2) is 0 Å². The number of amides is 1. The number of morpholine rings is 1. The number of rotatable bonds is 7. The van der Waals surface area contributed by atoms with E-state index in [0.717, 1.165) is 31.4 Å². The summed E-state index contributed by atoms with van der Waals surface area (Å²) in [6.45, 7) is 4.03. The molecule has 0 atom stereocenters. The third kappa shape index (κ3) is 7.28. The summed E-state index contributed by atoms with van der Waals surface area (Å²) in [5.41, 5.74) is -2.68. The number of thiocarbonyl (C=S) groups is 1. The second kappa shape index (κ2) is 11.6. The van der Waals surface area contributed by atoms with Gasteiger partial charge in [0.2, 0.25) is 0 Å². The van der Waals surface area contributed by atoms with E-state index in [2.05, 4.69) is 10.2 Å². The van der Waals surface area contributed by atoms with E-state index >= 15 is 0 Å². The van der Waals surface area contributed by atoms with E-state index in [9.17, 15) is 31.1 Å². The van der Waals surface area contributed by atoms with Crippen LogP contribution in [0, 0.1) is 0 Å². The van der Waals surface area contributed by atoms with E-state index < -0.39 is 29.4 Å². The molecule has 13 heteroatoms. The average molecular weight is 577 g/mol. The maximum Gasteiger partial charge on any atom is 0.416 e. The minimum atomic E-state index is -4.97. The van der Waals surface area contributed by atoms with Gasteiger partial charge < -0.3 is 14.8 Å². The minimum Gasteiger partial charge on any atom is -0.493 e. The first-order valence-corrected chi connectivity index (χ1v) is 12.7. The molecule has 0 saturated carbocycles. The van der Waals surface area contributed by atoms with Crippen LogP contribution in [0.2, 0.25) is 0 Å². The molecule has 2 aromatic carbocycles. The Morgan fingerprint density at radius 2 is 1.66 bits per heavy atom. The molecule has 0 unspecified atom stereocenters. The molecule has 2 saturated heterocycles. The highest BCUT2D eigenvalue weighted by atomic mass is 32.2. The van der Waals surface area contributed by atoms with Gasteiger partial charge in [0.15, 0.2) is 0 Å². The molecule has 38 heavy (non-hydrogen) atoms. The highest BCUT2D eigenvalue weighted by Gasteiger charge is 2.37. The Bertz CT molecular complexity index is 1210. The van der Waals surface area contributed by atoms with E-state index in [1.807, 2.05) is 0 Å². The lowest BCUT2D eigenvalue weighted by atomic mass is 9.97. The number of ether oxygens (including phenoxy) is 2. The van der Waals surface area contributed by atoms with Crippen LogP contribution in [-0.2, 0) is 21.9 Å². The Morgan fingerprint density at radius 1 is 1.00 bits per heavy atom. The highest BCUT2D eigenvalue weighted by molar-refractivity contribution is 8.26. The summed E-state index contributed by atoms with van der Waals surface area (Å²) in [6, 6.07) is 5.67. The van der Waals surface area contributed by atoms with Crippen LogP contribution < -0.4 is 10.1 Å². The fourth-order valence-corrected chi connectivity index (χ4v) is 4.99. The second-order valence-electron chi connectivity index (χ2n) is 8.56. The Labute approximate surface area is 224 Å². The van der Waals surface area contributed by atoms with Gasteiger partial charge in [0, 0.05) is 25.2 Å². The first-order valence-electron chi connectivity index (χ1n) is 11.5. The van der Waals surface area contributed by atoms with Crippen molar-refractivity contribution in [3.63, 3.8) is 0 Å². The van der Waals surface area contributed by atoms with Crippen molar-refractivity contribution in [1.29, 1.82) is 0 Å². The molecule has 0 aromatic heterocycles. The average Bonchev–Trinajstić information content (AvgIpc) is 3.18. The van der Waals surface area contributed by atoms with Crippen LogP contribution in [0.3, 0.4) is 0 Å². The van der Waals surface area contributed by atoms with Crippen LogP contribution in [0.25, 0.3) is 17.2 Å². The molecular weight excluding hydrogens is 554 g/mol. The standard InChI is InChI=1S/C25H22F6N2O3S2/c26-24(27,28)18-11-16(12-19(14-18)25(29,30)31)15-2-3-20(36-7-1-4-33-5-8-35-9-6-33)17(10-15)13-21-22(34)32-23(37)38-21/h2-3,10-14H,1,4-9H2,(H,32,34,37)/b21-13-. The molecule has 0 spiro atoms. The van der Waals surface area contributed by atoms with Gasteiger partial charge in [0.05, 0.1) is 35.9 Å². The lowest BCUT2D eigenvalue weighted by Gasteiger charge is -2.26. The molecule has 1 N–H and O–H groups in total. The van der Waals surface area contributed by atoms with E-state index in [1.165, 1.54) is 24.3 Å². The third-order valence-corrected chi connectivity index (χ3v) is 7.00. The number of halogens is 6. The zero-order chi connectivity index (χ0) is 27.5. The number of nitrogens with zero attached hydrogens (tertiary/aromatic N) is 1. The van der Waals surface area contributed by atoms with Crippen LogP contribution in [0.4, 0.5) is 26.3 Å². The number of carbonyl (C=O) groups excluding carboxylic acids is 1. The van der Waals surface area contributed by atoms with E-state index in [1.54, 1.807) is 0 Å². The molecule has 2 aliphatic heterocycles. The molecule has 204 valence electrons. The van der Waals surface area contributed by atoms with E-state index in [4.69, 9.17) is 21.7 Å². The molecule has 5 nitrogen and oxygen atoms in total. The molecule has 2 aliphatic rings. The number of alkyl halides is 6. The van der Waals surface area contributed by atoms with Crippen LogP contribution in [0.1, 0.15) is 23.1 Å². The SMILES string of the molecule is O=C1NC(=S)S/C1=C\c1cc(-c2cc(C(F)(F)F)cc(C(F)(F)F)c2)ccc1OCCCN1CCOCC1. The number of hydrogen-bond donors (Lipinski definition) is 1. The smallest absolute Gasteiger partial charge is 0.416 e. The van der Waals surface area contributed by atoms with Crippen LogP contribution in [0.5, 0.6) is 5.75 Å². The molecule has 0 aliphatic carbocycles. The predicted octanol–water partition coefficient (Wildman–Crippen LogP) is 5.98. The molecule has 2 heterocycles. The van der Waals surface area contributed by atoms with Crippen molar-refractivity contribution in [1.82, 2.24) is 10.2 Å². The molecule has 1 amide bonds. The number of nitrogens with one attached hydrogen (secondary N) is 1. The number of thioether (sulfide) groups is 1. The second-order valence-corrected chi connectivity index (χ2v) is 10.3. The molecule has 0 bridgehead atoms. The first-order chi connectivity index (χ1) is 17.9. The van der Waals surface area contributed by atoms with E-state index in [-0.39, 0.29) is 26.4 Å². The third-order valence-electron chi connectivity index (χ3n) is 5.84. The quantitative estimate of drug-likeness (QED) is 0.190. The topological polar surface area (TPSA) is 50.8 Å². The van der Waals surface area contributed by atoms with E-state index in [0.29, 0.717) is 49.7 Å².